The number of amides is 1. The average molecular weight is 515 g/mol. The van der Waals surface area contributed by atoms with Crippen LogP contribution in [-0.2, 0) is 24.5 Å². The van der Waals surface area contributed by atoms with Crippen molar-refractivity contribution < 1.29 is 29.3 Å². The zero-order valence-corrected chi connectivity index (χ0v) is 21.1. The fourth-order valence-corrected chi connectivity index (χ4v) is 6.03. The second-order valence-corrected chi connectivity index (χ2v) is 10.1. The number of hydrogen-bond acceptors (Lipinski definition) is 5. The molecule has 0 aromatic heterocycles. The molecular weight excluding hydrogens is 484 g/mol. The van der Waals surface area contributed by atoms with Crippen molar-refractivity contribution in [3.05, 3.63) is 69.7 Å². The van der Waals surface area contributed by atoms with Gasteiger partial charge in [0.1, 0.15) is 6.10 Å². The van der Waals surface area contributed by atoms with Crippen LogP contribution in [-0.4, -0.2) is 71.8 Å². The quantitative estimate of drug-likeness (QED) is 0.524. The first-order valence-corrected chi connectivity index (χ1v) is 12.4. The zero-order valence-electron chi connectivity index (χ0n) is 20.4. The number of carboxylic acid groups (broad SMARTS) is 2. The number of carbonyl (C=O) groups is 3. The van der Waals surface area contributed by atoms with E-state index in [1.54, 1.807) is 14.0 Å². The van der Waals surface area contributed by atoms with Crippen LogP contribution >= 0.6 is 11.6 Å². The van der Waals surface area contributed by atoms with Gasteiger partial charge in [0.2, 0.25) is 5.91 Å². The average Bonchev–Trinajstić information content (AvgIpc) is 3.36. The van der Waals surface area contributed by atoms with Gasteiger partial charge in [0, 0.05) is 49.1 Å². The third-order valence-electron chi connectivity index (χ3n) is 7.64. The third kappa shape index (κ3) is 4.98. The van der Waals surface area contributed by atoms with Crippen molar-refractivity contribution in [3.63, 3.8) is 0 Å². The van der Waals surface area contributed by atoms with Crippen LogP contribution in [0.3, 0.4) is 0 Å². The van der Waals surface area contributed by atoms with Crippen LogP contribution in [0.2, 0.25) is 5.02 Å². The van der Waals surface area contributed by atoms with Crippen LogP contribution in [0, 0.1) is 0 Å². The minimum Gasteiger partial charge on any atom is -0.473 e. The smallest absolute Gasteiger partial charge is 0.414 e. The molecule has 0 unspecified atom stereocenters. The SMILES string of the molecule is CO[C@H](C)C(=O)NC1CCN(C[C@]23C[C@@H](c4ccccc42)c2ccc(Cl)cc23)CC1.O=C(O)C(=O)O. The van der Waals surface area contributed by atoms with Crippen LogP contribution in [0.1, 0.15) is 54.4 Å². The Labute approximate surface area is 215 Å². The Morgan fingerprint density at radius 2 is 1.72 bits per heavy atom. The molecule has 1 saturated heterocycles. The summed E-state index contributed by atoms with van der Waals surface area (Å²) in [5.41, 5.74) is 5.87. The lowest BCUT2D eigenvalue weighted by Crippen LogP contribution is -2.50. The van der Waals surface area contributed by atoms with Gasteiger partial charge in [0.15, 0.2) is 0 Å². The summed E-state index contributed by atoms with van der Waals surface area (Å²) in [7, 11) is 1.57. The number of likely N-dealkylation sites (tertiary alicyclic amines) is 1. The number of methoxy groups -OCH3 is 1. The monoisotopic (exact) mass is 514 g/mol. The Morgan fingerprint density at radius 3 is 2.36 bits per heavy atom. The van der Waals surface area contributed by atoms with Gasteiger partial charge in [0.25, 0.3) is 0 Å². The predicted molar refractivity (Wildman–Crippen MR) is 134 cm³/mol. The first-order chi connectivity index (χ1) is 17.2. The molecule has 8 nitrogen and oxygen atoms in total. The first-order valence-electron chi connectivity index (χ1n) is 12.1. The molecule has 36 heavy (non-hydrogen) atoms. The van der Waals surface area contributed by atoms with E-state index in [-0.39, 0.29) is 17.4 Å². The normalized spacial score (nSPS) is 23.1. The Kier molecular flexibility index (Phi) is 7.68. The van der Waals surface area contributed by atoms with E-state index in [2.05, 4.69) is 46.6 Å². The first kappa shape index (κ1) is 26.1. The van der Waals surface area contributed by atoms with Gasteiger partial charge in [-0.25, -0.2) is 9.59 Å². The minimum atomic E-state index is -1.82. The standard InChI is InChI=1S/C25H29ClN2O2.C2H2O4/c1-16(30-2)24(29)27-18-9-11-28(12-10-18)15-25-14-21(19-5-3-4-6-22(19)25)20-8-7-17(26)13-23(20)25;3-1(4)2(5)6/h3-8,13,16,18,21H,9-12,14-15H2,1-2H3,(H,27,29);(H,3,4)(H,5,6)/t16-,21+,25-;/m1./s1. The summed E-state index contributed by atoms with van der Waals surface area (Å²) in [6.07, 6.45) is 2.70. The largest absolute Gasteiger partial charge is 0.473 e. The molecule has 192 valence electrons. The van der Waals surface area contributed by atoms with Gasteiger partial charge in [-0.2, -0.15) is 0 Å². The highest BCUT2D eigenvalue weighted by atomic mass is 35.5. The Balaban J connectivity index is 0.000000455. The fraction of sp³-hybridized carbons (Fsp3) is 0.444. The fourth-order valence-electron chi connectivity index (χ4n) is 5.86. The number of piperidine rings is 1. The molecule has 1 heterocycles. The second kappa shape index (κ2) is 10.6. The number of aliphatic carboxylic acids is 2. The molecule has 1 aliphatic heterocycles. The summed E-state index contributed by atoms with van der Waals surface area (Å²) in [6.45, 7) is 4.80. The number of nitrogens with one attached hydrogen (secondary N) is 1. The van der Waals surface area contributed by atoms with Gasteiger partial charge < -0.3 is 25.2 Å². The molecule has 3 N–H and O–H groups in total. The molecule has 0 spiro atoms. The summed E-state index contributed by atoms with van der Waals surface area (Å²) < 4.78 is 5.14. The second-order valence-electron chi connectivity index (χ2n) is 9.70. The van der Waals surface area contributed by atoms with Crippen molar-refractivity contribution in [2.45, 2.75) is 49.7 Å². The molecule has 3 atom stereocenters. The zero-order chi connectivity index (χ0) is 26.0. The predicted octanol–water partition coefficient (Wildman–Crippen LogP) is 3.25. The lowest BCUT2D eigenvalue weighted by Gasteiger charge is -2.40. The van der Waals surface area contributed by atoms with Crippen LogP contribution in [0.15, 0.2) is 42.5 Å². The lowest BCUT2D eigenvalue weighted by molar-refractivity contribution is -0.159. The van der Waals surface area contributed by atoms with E-state index >= 15 is 0 Å². The molecule has 3 aliphatic rings. The van der Waals surface area contributed by atoms with Crippen molar-refractivity contribution >= 4 is 29.4 Å². The number of halogens is 1. The Morgan fingerprint density at radius 1 is 1.08 bits per heavy atom. The van der Waals surface area contributed by atoms with Gasteiger partial charge in [0.05, 0.1) is 0 Å². The molecule has 0 saturated carbocycles. The van der Waals surface area contributed by atoms with Crippen molar-refractivity contribution in [3.8, 4) is 0 Å². The number of ether oxygens (including phenoxy) is 1. The summed E-state index contributed by atoms with van der Waals surface area (Å²) in [5.74, 6) is -3.17. The molecule has 9 heteroatoms. The summed E-state index contributed by atoms with van der Waals surface area (Å²) in [6, 6.07) is 15.7. The number of carboxylic acids is 2. The van der Waals surface area contributed by atoms with Crippen LogP contribution in [0.4, 0.5) is 0 Å². The number of nitrogens with zero attached hydrogens (tertiary/aromatic N) is 1. The highest BCUT2D eigenvalue weighted by Gasteiger charge is 2.53. The summed E-state index contributed by atoms with van der Waals surface area (Å²) >= 11 is 6.43. The van der Waals surface area contributed by atoms with E-state index in [1.165, 1.54) is 22.3 Å². The van der Waals surface area contributed by atoms with Gasteiger partial charge in [-0.3, -0.25) is 4.79 Å². The van der Waals surface area contributed by atoms with Crippen LogP contribution in [0.5, 0.6) is 0 Å². The molecule has 0 radical (unpaired) electrons. The number of rotatable bonds is 5. The maximum Gasteiger partial charge on any atom is 0.414 e. The van der Waals surface area contributed by atoms with Gasteiger partial charge in [-0.05, 0) is 60.6 Å². The van der Waals surface area contributed by atoms with Crippen molar-refractivity contribution in [1.29, 1.82) is 0 Å². The van der Waals surface area contributed by atoms with E-state index in [9.17, 15) is 4.79 Å². The van der Waals surface area contributed by atoms with E-state index in [1.807, 2.05) is 6.07 Å². The highest BCUT2D eigenvalue weighted by molar-refractivity contribution is 6.30. The number of benzene rings is 2. The molecule has 2 bridgehead atoms. The summed E-state index contributed by atoms with van der Waals surface area (Å²) in [4.78, 5) is 32.9. The molecule has 2 aromatic carbocycles. The van der Waals surface area contributed by atoms with Crippen molar-refractivity contribution in [1.82, 2.24) is 10.2 Å². The Hall–Kier alpha value is -2.94. The molecule has 1 amide bonds. The molecule has 1 fully saturated rings. The van der Waals surface area contributed by atoms with E-state index in [0.29, 0.717) is 5.92 Å². The molecule has 2 aliphatic carbocycles. The Bertz CT molecular complexity index is 1150. The van der Waals surface area contributed by atoms with Crippen molar-refractivity contribution in [2.24, 2.45) is 0 Å². The number of fused-ring (bicyclic) bond motifs is 8. The molecule has 5 rings (SSSR count). The van der Waals surface area contributed by atoms with E-state index in [0.717, 1.165) is 43.9 Å². The number of carbonyl (C=O) groups excluding carboxylic acids is 1. The van der Waals surface area contributed by atoms with Crippen LogP contribution in [0.25, 0.3) is 0 Å². The highest BCUT2D eigenvalue weighted by Crippen LogP contribution is 2.60. The summed E-state index contributed by atoms with van der Waals surface area (Å²) in [5, 5.41) is 18.8. The van der Waals surface area contributed by atoms with Gasteiger partial charge in [-0.15, -0.1) is 0 Å². The molecular formula is C27H31ClN2O6. The van der Waals surface area contributed by atoms with Crippen molar-refractivity contribution in [2.75, 3.05) is 26.7 Å². The maximum absolute atomic E-state index is 12.1. The number of hydrogen-bond donors (Lipinski definition) is 3. The lowest BCUT2D eigenvalue weighted by atomic mass is 9.74. The van der Waals surface area contributed by atoms with Crippen LogP contribution < -0.4 is 5.32 Å². The minimum absolute atomic E-state index is 0.0125. The van der Waals surface area contributed by atoms with E-state index < -0.39 is 18.0 Å². The molecule has 2 aromatic rings. The van der Waals surface area contributed by atoms with E-state index in [4.69, 9.17) is 36.1 Å². The maximum atomic E-state index is 12.1. The third-order valence-corrected chi connectivity index (χ3v) is 7.88. The topological polar surface area (TPSA) is 116 Å². The van der Waals surface area contributed by atoms with Gasteiger partial charge >= 0.3 is 11.9 Å². The van der Waals surface area contributed by atoms with Gasteiger partial charge in [-0.1, -0.05) is 41.9 Å².